The smallest absolute Gasteiger partial charge is 0.331 e. The molecule has 7 heteroatoms. The Kier molecular flexibility index (Phi) is 10.7. The van der Waals surface area contributed by atoms with Crippen LogP contribution in [0.2, 0.25) is 0 Å². The van der Waals surface area contributed by atoms with Crippen molar-refractivity contribution in [3.05, 3.63) is 47.5 Å². The molecule has 3 atom stereocenters. The van der Waals surface area contributed by atoms with Crippen LogP contribution in [0.4, 0.5) is 0 Å². The molecule has 196 valence electrons. The van der Waals surface area contributed by atoms with Crippen molar-refractivity contribution in [2.75, 3.05) is 14.1 Å². The minimum Gasteiger partial charge on any atom is -0.478 e. The monoisotopic (exact) mass is 487 g/mol. The second kappa shape index (κ2) is 12.3. The van der Waals surface area contributed by atoms with Gasteiger partial charge >= 0.3 is 5.97 Å². The fraction of sp³-hybridized carbons (Fsp3) is 0.607. The Morgan fingerprint density at radius 3 is 2.00 bits per heavy atom. The van der Waals surface area contributed by atoms with Crippen LogP contribution in [0.25, 0.3) is 0 Å². The Bertz CT molecular complexity index is 901. The first-order valence-corrected chi connectivity index (χ1v) is 12.2. The van der Waals surface area contributed by atoms with Crippen LogP contribution in [0.5, 0.6) is 0 Å². The lowest BCUT2D eigenvalue weighted by Gasteiger charge is -2.39. The second-order valence-corrected chi connectivity index (χ2v) is 11.5. The first-order valence-electron chi connectivity index (χ1n) is 12.2. The zero-order chi connectivity index (χ0) is 27.1. The van der Waals surface area contributed by atoms with Crippen LogP contribution in [-0.4, -0.2) is 60.0 Å². The summed E-state index contributed by atoms with van der Waals surface area (Å²) < 4.78 is 0. The predicted molar refractivity (Wildman–Crippen MR) is 141 cm³/mol. The molecule has 1 aromatic carbocycles. The highest BCUT2D eigenvalue weighted by Gasteiger charge is 2.41. The molecule has 0 aliphatic carbocycles. The molecule has 2 amide bonds. The van der Waals surface area contributed by atoms with E-state index in [0.29, 0.717) is 6.42 Å². The molecule has 0 heterocycles. The van der Waals surface area contributed by atoms with Crippen molar-refractivity contribution in [2.45, 2.75) is 79.9 Å². The molecule has 0 spiro atoms. The molecule has 35 heavy (non-hydrogen) atoms. The van der Waals surface area contributed by atoms with Crippen LogP contribution in [0.15, 0.2) is 42.0 Å². The molecular formula is C28H45N3O4. The van der Waals surface area contributed by atoms with Gasteiger partial charge in [0.1, 0.15) is 6.04 Å². The summed E-state index contributed by atoms with van der Waals surface area (Å²) in [7, 11) is 3.42. The molecular weight excluding hydrogens is 442 g/mol. The molecule has 0 aromatic heterocycles. The maximum absolute atomic E-state index is 13.7. The van der Waals surface area contributed by atoms with Crippen molar-refractivity contribution in [2.24, 2.45) is 16.7 Å². The molecule has 0 bridgehead atoms. The quantitative estimate of drug-likeness (QED) is 0.411. The van der Waals surface area contributed by atoms with E-state index in [4.69, 9.17) is 0 Å². The summed E-state index contributed by atoms with van der Waals surface area (Å²) >= 11 is 0. The van der Waals surface area contributed by atoms with Gasteiger partial charge in [-0.2, -0.15) is 0 Å². The van der Waals surface area contributed by atoms with E-state index >= 15 is 0 Å². The Morgan fingerprint density at radius 2 is 1.57 bits per heavy atom. The molecule has 1 aromatic rings. The van der Waals surface area contributed by atoms with Crippen molar-refractivity contribution in [3.63, 3.8) is 0 Å². The maximum atomic E-state index is 13.7. The topological polar surface area (TPSA) is 98.7 Å². The van der Waals surface area contributed by atoms with Gasteiger partial charge in [-0.3, -0.25) is 9.59 Å². The summed E-state index contributed by atoms with van der Waals surface area (Å²) in [4.78, 5) is 40.2. The number of likely N-dealkylation sites (N-methyl/N-ethyl adjacent to an activating group) is 2. The van der Waals surface area contributed by atoms with Crippen molar-refractivity contribution in [3.8, 4) is 0 Å². The fourth-order valence-electron chi connectivity index (χ4n) is 4.40. The Morgan fingerprint density at radius 1 is 1.03 bits per heavy atom. The van der Waals surface area contributed by atoms with Gasteiger partial charge in [0.25, 0.3) is 0 Å². The fourth-order valence-corrected chi connectivity index (χ4v) is 4.40. The molecule has 0 aliphatic rings. The molecule has 1 rings (SSSR count). The third-order valence-corrected chi connectivity index (χ3v) is 6.47. The average Bonchev–Trinajstić information content (AvgIpc) is 2.74. The molecule has 0 unspecified atom stereocenters. The maximum Gasteiger partial charge on any atom is 0.331 e. The van der Waals surface area contributed by atoms with Gasteiger partial charge in [0.15, 0.2) is 0 Å². The largest absolute Gasteiger partial charge is 0.478 e. The van der Waals surface area contributed by atoms with Gasteiger partial charge in [0.05, 0.1) is 12.1 Å². The molecule has 0 radical (unpaired) electrons. The van der Waals surface area contributed by atoms with Gasteiger partial charge in [-0.15, -0.1) is 0 Å². The Hall–Kier alpha value is -2.67. The van der Waals surface area contributed by atoms with Gasteiger partial charge in [-0.05, 0) is 42.7 Å². The minimum atomic E-state index is -1.02. The zero-order valence-corrected chi connectivity index (χ0v) is 23.1. The lowest BCUT2D eigenvalue weighted by atomic mass is 9.77. The molecule has 7 nitrogen and oxygen atoms in total. The number of rotatable bonds is 11. The molecule has 3 N–H and O–H groups in total. The summed E-state index contributed by atoms with van der Waals surface area (Å²) in [5.74, 6) is -1.53. The van der Waals surface area contributed by atoms with E-state index in [0.717, 1.165) is 5.56 Å². The number of carboxylic acids is 1. The SMILES string of the molecule is CN[C@@H](C(=O)N[C@H](C(=O)N(C)[C@H](/C=C(\C)C(=O)O)C(C)C)C(C)(C)C)C(C)(C)Cc1ccccc1. The first-order chi connectivity index (χ1) is 16.0. The number of benzene rings is 1. The van der Waals surface area contributed by atoms with Crippen LogP contribution in [0.1, 0.15) is 61.0 Å². The Labute approximate surface area is 211 Å². The van der Waals surface area contributed by atoms with E-state index in [1.165, 1.54) is 6.92 Å². The number of nitrogens with zero attached hydrogens (tertiary/aromatic N) is 1. The highest BCUT2D eigenvalue weighted by Crippen LogP contribution is 2.28. The van der Waals surface area contributed by atoms with E-state index in [2.05, 4.69) is 10.6 Å². The van der Waals surface area contributed by atoms with Gasteiger partial charge < -0.3 is 20.6 Å². The predicted octanol–water partition coefficient (Wildman–Crippen LogP) is 3.89. The number of nitrogens with one attached hydrogen (secondary N) is 2. The third-order valence-electron chi connectivity index (χ3n) is 6.47. The number of aliphatic carboxylic acids is 1. The standard InChI is InChI=1S/C28H45N3O4/c1-18(2)21(16-19(3)26(34)35)31(10)25(33)23(27(4,5)6)30-24(32)22(29-9)28(7,8)17-20-14-12-11-13-15-20/h11-16,18,21-23,29H,17H2,1-10H3,(H,30,32)(H,34,35)/b19-16+/t21-,22+,23-/m1/s1. The van der Waals surface area contributed by atoms with Gasteiger partial charge in [0.2, 0.25) is 11.8 Å². The molecule has 0 aliphatic heterocycles. The van der Waals surface area contributed by atoms with Gasteiger partial charge in [0, 0.05) is 12.6 Å². The van der Waals surface area contributed by atoms with Crippen molar-refractivity contribution >= 4 is 17.8 Å². The lowest BCUT2D eigenvalue weighted by molar-refractivity contribution is -0.141. The number of carboxylic acid groups (broad SMARTS) is 1. The first kappa shape index (κ1) is 30.4. The number of carbonyl (C=O) groups is 3. The average molecular weight is 488 g/mol. The summed E-state index contributed by atoms with van der Waals surface area (Å²) in [6.45, 7) is 15.2. The van der Waals surface area contributed by atoms with Gasteiger partial charge in [-0.1, -0.05) is 84.9 Å². The van der Waals surface area contributed by atoms with E-state index < -0.39 is 34.9 Å². The summed E-state index contributed by atoms with van der Waals surface area (Å²) in [6, 6.07) is 8.28. The van der Waals surface area contributed by atoms with Crippen LogP contribution in [0.3, 0.4) is 0 Å². The van der Waals surface area contributed by atoms with Gasteiger partial charge in [-0.25, -0.2) is 4.79 Å². The number of carbonyl (C=O) groups excluding carboxylic acids is 2. The van der Waals surface area contributed by atoms with E-state index in [1.807, 2.05) is 78.8 Å². The minimum absolute atomic E-state index is 0.00978. The van der Waals surface area contributed by atoms with Crippen molar-refractivity contribution in [1.82, 2.24) is 15.5 Å². The van der Waals surface area contributed by atoms with E-state index in [9.17, 15) is 19.5 Å². The van der Waals surface area contributed by atoms with Crippen molar-refractivity contribution in [1.29, 1.82) is 0 Å². The summed E-state index contributed by atoms with van der Waals surface area (Å²) in [6.07, 6.45) is 2.29. The molecule has 0 saturated heterocycles. The second-order valence-electron chi connectivity index (χ2n) is 11.5. The van der Waals surface area contributed by atoms with E-state index in [1.54, 1.807) is 25.1 Å². The van der Waals surface area contributed by atoms with E-state index in [-0.39, 0.29) is 23.3 Å². The number of hydrogen-bond acceptors (Lipinski definition) is 4. The number of amides is 2. The van der Waals surface area contributed by atoms with Crippen LogP contribution >= 0.6 is 0 Å². The highest BCUT2D eigenvalue weighted by molar-refractivity contribution is 5.91. The third kappa shape index (κ3) is 8.49. The number of hydrogen-bond donors (Lipinski definition) is 3. The normalized spacial score (nSPS) is 15.3. The summed E-state index contributed by atoms with van der Waals surface area (Å²) in [5, 5.41) is 15.5. The zero-order valence-electron chi connectivity index (χ0n) is 23.1. The Balaban J connectivity index is 3.22. The lowest BCUT2D eigenvalue weighted by Crippen LogP contribution is -2.61. The van der Waals surface area contributed by atoms with Crippen molar-refractivity contribution < 1.29 is 19.5 Å². The van der Waals surface area contributed by atoms with Crippen LogP contribution in [-0.2, 0) is 20.8 Å². The summed E-state index contributed by atoms with van der Waals surface area (Å²) in [5.41, 5.74) is 0.335. The van der Waals surface area contributed by atoms with Crippen LogP contribution < -0.4 is 10.6 Å². The highest BCUT2D eigenvalue weighted by atomic mass is 16.4. The van der Waals surface area contributed by atoms with Crippen LogP contribution in [0, 0.1) is 16.7 Å². The molecule has 0 saturated carbocycles. The molecule has 0 fully saturated rings.